The Kier molecular flexibility index (Phi) is 7.03. The molecule has 1 unspecified atom stereocenters. The van der Waals surface area contributed by atoms with Gasteiger partial charge in [0.2, 0.25) is 16.2 Å². The summed E-state index contributed by atoms with van der Waals surface area (Å²) in [5, 5.41) is 24.2. The number of amides is 1. The van der Waals surface area contributed by atoms with Crippen LogP contribution in [0.4, 0.5) is 16.1 Å². The lowest BCUT2D eigenvalue weighted by molar-refractivity contribution is -0.125. The first-order valence-electron chi connectivity index (χ1n) is 13.4. The molecule has 4 aliphatic rings. The van der Waals surface area contributed by atoms with Crippen molar-refractivity contribution in [1.82, 2.24) is 25.3 Å². The Morgan fingerprint density at radius 2 is 1.97 bits per heavy atom. The molecule has 2 aromatic heterocycles. The molecule has 2 aromatic rings. The van der Waals surface area contributed by atoms with E-state index in [0.717, 1.165) is 43.5 Å². The molecule has 2 N–H and O–H groups in total. The zero-order chi connectivity index (χ0) is 24.4. The number of hydrogen-bond donors (Lipinski definition) is 2. The maximum Gasteiger partial charge on any atom is 0.228 e. The van der Waals surface area contributed by atoms with E-state index in [2.05, 4.69) is 40.8 Å². The second-order valence-corrected chi connectivity index (χ2v) is 11.9. The van der Waals surface area contributed by atoms with Gasteiger partial charge >= 0.3 is 0 Å². The van der Waals surface area contributed by atoms with Gasteiger partial charge in [0.15, 0.2) is 5.82 Å². The first-order valence-corrected chi connectivity index (χ1v) is 14.2. The number of ether oxygens (including phenoxy) is 1. The molecule has 4 heterocycles. The van der Waals surface area contributed by atoms with Crippen LogP contribution in [-0.4, -0.2) is 82.2 Å². The lowest BCUT2D eigenvalue weighted by Crippen LogP contribution is -2.56. The van der Waals surface area contributed by atoms with Crippen LogP contribution in [0.15, 0.2) is 18.3 Å². The quantitative estimate of drug-likeness (QED) is 0.578. The zero-order valence-corrected chi connectivity index (χ0v) is 21.6. The fourth-order valence-electron chi connectivity index (χ4n) is 6.54. The van der Waals surface area contributed by atoms with Crippen LogP contribution in [-0.2, 0) is 9.53 Å². The molecule has 194 valence electrons. The average Bonchev–Trinajstić information content (AvgIpc) is 3.53. The van der Waals surface area contributed by atoms with Gasteiger partial charge in [0.05, 0.1) is 19.1 Å². The van der Waals surface area contributed by atoms with Gasteiger partial charge in [-0.25, -0.2) is 0 Å². The van der Waals surface area contributed by atoms with Crippen molar-refractivity contribution < 1.29 is 9.53 Å². The van der Waals surface area contributed by atoms with Crippen LogP contribution in [0.1, 0.15) is 57.8 Å². The third-order valence-electron chi connectivity index (χ3n) is 8.42. The molecule has 1 spiro atoms. The van der Waals surface area contributed by atoms with Crippen LogP contribution in [0.25, 0.3) is 0 Å². The topological polar surface area (TPSA) is 108 Å². The SMILES string of the molecule is O=C(CC1CN(C2CC3(CCCCC3)C2)CCO1)Nc1nnc(N[C@@H]2CCN(c3cccnn3)C2)s1. The number of morpholine rings is 1. The number of rotatable bonds is 7. The Morgan fingerprint density at radius 1 is 1.11 bits per heavy atom. The molecule has 2 atom stereocenters. The largest absolute Gasteiger partial charge is 0.375 e. The monoisotopic (exact) mass is 512 g/mol. The second-order valence-electron chi connectivity index (χ2n) is 10.9. The third-order valence-corrected chi connectivity index (χ3v) is 9.19. The lowest BCUT2D eigenvalue weighted by atomic mass is 9.58. The molecule has 2 aliphatic heterocycles. The molecule has 0 aromatic carbocycles. The van der Waals surface area contributed by atoms with Gasteiger partial charge in [-0.2, -0.15) is 5.10 Å². The minimum Gasteiger partial charge on any atom is -0.375 e. The normalized spacial score (nSPS) is 26.6. The van der Waals surface area contributed by atoms with Gasteiger partial charge in [0.25, 0.3) is 0 Å². The smallest absolute Gasteiger partial charge is 0.228 e. The minimum absolute atomic E-state index is 0.0577. The van der Waals surface area contributed by atoms with E-state index in [1.54, 1.807) is 6.20 Å². The molecule has 1 amide bonds. The van der Waals surface area contributed by atoms with E-state index in [9.17, 15) is 4.79 Å². The van der Waals surface area contributed by atoms with Crippen LogP contribution >= 0.6 is 11.3 Å². The minimum atomic E-state index is -0.0587. The van der Waals surface area contributed by atoms with Gasteiger partial charge in [-0.1, -0.05) is 30.6 Å². The fourth-order valence-corrected chi connectivity index (χ4v) is 7.27. The van der Waals surface area contributed by atoms with E-state index in [1.807, 2.05) is 12.1 Å². The number of nitrogens with one attached hydrogen (secondary N) is 2. The summed E-state index contributed by atoms with van der Waals surface area (Å²) < 4.78 is 5.95. The highest BCUT2D eigenvalue weighted by Gasteiger charge is 2.47. The van der Waals surface area contributed by atoms with Crippen LogP contribution in [0.5, 0.6) is 0 Å². The molecule has 36 heavy (non-hydrogen) atoms. The molecule has 2 saturated carbocycles. The van der Waals surface area contributed by atoms with Gasteiger partial charge in [-0.15, -0.1) is 15.3 Å². The van der Waals surface area contributed by atoms with Gasteiger partial charge in [0, 0.05) is 44.5 Å². The Balaban J connectivity index is 0.943. The van der Waals surface area contributed by atoms with E-state index >= 15 is 0 Å². The first-order chi connectivity index (χ1) is 17.6. The van der Waals surface area contributed by atoms with Crippen LogP contribution in [0.3, 0.4) is 0 Å². The molecule has 4 fully saturated rings. The summed E-state index contributed by atoms with van der Waals surface area (Å²) in [5.41, 5.74) is 0.629. The Morgan fingerprint density at radius 3 is 2.81 bits per heavy atom. The zero-order valence-electron chi connectivity index (χ0n) is 20.8. The molecule has 2 aliphatic carbocycles. The average molecular weight is 513 g/mol. The van der Waals surface area contributed by atoms with Gasteiger partial charge in [-0.3, -0.25) is 9.69 Å². The predicted molar refractivity (Wildman–Crippen MR) is 139 cm³/mol. The standard InChI is InChI=1S/C25H36N8O2S/c34-22(13-20-17-32(11-12-35-20)19-14-25(15-19)7-2-1-3-8-25)28-24-31-30-23(36-24)27-18-6-10-33(16-18)21-5-4-9-26-29-21/h4-5,9,18-20H,1-3,6-8,10-17H2,(H,27,30)(H,28,31,34)/t18-,20?/m1/s1. The third kappa shape index (κ3) is 5.47. The molecule has 0 radical (unpaired) electrons. The lowest BCUT2D eigenvalue weighted by Gasteiger charge is -2.55. The number of anilines is 3. The number of aromatic nitrogens is 4. The van der Waals surface area contributed by atoms with Crippen molar-refractivity contribution in [3.8, 4) is 0 Å². The Labute approximate surface area is 216 Å². The summed E-state index contributed by atoms with van der Waals surface area (Å²) in [4.78, 5) is 17.5. The van der Waals surface area contributed by atoms with E-state index in [0.29, 0.717) is 29.6 Å². The van der Waals surface area contributed by atoms with Crippen molar-refractivity contribution in [2.24, 2.45) is 5.41 Å². The van der Waals surface area contributed by atoms with Crippen molar-refractivity contribution in [2.75, 3.05) is 48.3 Å². The van der Waals surface area contributed by atoms with Crippen molar-refractivity contribution >= 4 is 33.3 Å². The van der Waals surface area contributed by atoms with Crippen molar-refractivity contribution in [3.63, 3.8) is 0 Å². The maximum atomic E-state index is 12.7. The van der Waals surface area contributed by atoms with Gasteiger partial charge in [0.1, 0.15) is 0 Å². The van der Waals surface area contributed by atoms with E-state index in [4.69, 9.17) is 4.74 Å². The number of carbonyl (C=O) groups is 1. The van der Waals surface area contributed by atoms with Gasteiger partial charge in [-0.05, 0) is 49.7 Å². The Hall–Kier alpha value is -2.37. The summed E-state index contributed by atoms with van der Waals surface area (Å²) in [6, 6.07) is 4.81. The molecule has 6 rings (SSSR count). The molecule has 11 heteroatoms. The Bertz CT molecular complexity index is 1020. The van der Waals surface area contributed by atoms with Gasteiger partial charge < -0.3 is 20.3 Å². The highest BCUT2D eigenvalue weighted by atomic mass is 32.1. The molecule has 0 bridgehead atoms. The van der Waals surface area contributed by atoms with E-state index in [1.165, 1.54) is 56.3 Å². The summed E-state index contributed by atoms with van der Waals surface area (Å²) in [6.45, 7) is 4.29. The van der Waals surface area contributed by atoms with Crippen LogP contribution in [0, 0.1) is 5.41 Å². The molecule has 2 saturated heterocycles. The van der Waals surface area contributed by atoms with E-state index in [-0.39, 0.29) is 18.1 Å². The molecular weight excluding hydrogens is 476 g/mol. The summed E-state index contributed by atoms with van der Waals surface area (Å²) in [7, 11) is 0. The van der Waals surface area contributed by atoms with Crippen LogP contribution in [0.2, 0.25) is 0 Å². The summed E-state index contributed by atoms with van der Waals surface area (Å²) in [6.07, 6.45) is 12.7. The van der Waals surface area contributed by atoms with Crippen molar-refractivity contribution in [3.05, 3.63) is 18.3 Å². The second kappa shape index (κ2) is 10.5. The number of nitrogens with zero attached hydrogens (tertiary/aromatic N) is 6. The number of hydrogen-bond acceptors (Lipinski definition) is 10. The number of carbonyl (C=O) groups excluding carboxylic acids is 1. The molecule has 10 nitrogen and oxygen atoms in total. The van der Waals surface area contributed by atoms with E-state index < -0.39 is 0 Å². The van der Waals surface area contributed by atoms with Crippen LogP contribution < -0.4 is 15.5 Å². The first kappa shape index (κ1) is 24.0. The van der Waals surface area contributed by atoms with Crippen molar-refractivity contribution in [2.45, 2.75) is 76.0 Å². The predicted octanol–water partition coefficient (Wildman–Crippen LogP) is 3.16. The highest BCUT2D eigenvalue weighted by Crippen LogP contribution is 2.53. The summed E-state index contributed by atoms with van der Waals surface area (Å²) >= 11 is 1.37. The maximum absolute atomic E-state index is 12.7. The fraction of sp³-hybridized carbons (Fsp3) is 0.720. The summed E-state index contributed by atoms with van der Waals surface area (Å²) in [5.74, 6) is 0.831. The van der Waals surface area contributed by atoms with Crippen molar-refractivity contribution in [1.29, 1.82) is 0 Å². The highest BCUT2D eigenvalue weighted by molar-refractivity contribution is 7.19. The molecular formula is C25H36N8O2S.